The summed E-state index contributed by atoms with van der Waals surface area (Å²) in [5.74, 6) is 2.48. The molecule has 2 nitrogen and oxygen atoms in total. The van der Waals surface area contributed by atoms with Gasteiger partial charge in [-0.05, 0) is 43.6 Å². The zero-order chi connectivity index (χ0) is 12.3. The molecule has 0 aromatic heterocycles. The van der Waals surface area contributed by atoms with Crippen LogP contribution in [0.25, 0.3) is 0 Å². The standard InChI is InChI=1S/C15H29NO/c1-4-16-14(15-12(3)8-9-17-15)13-7-5-6-11(2)10-13/h11-16H,4-10H2,1-3H3. The Labute approximate surface area is 107 Å². The molecule has 2 fully saturated rings. The lowest BCUT2D eigenvalue weighted by Crippen LogP contribution is -2.48. The minimum absolute atomic E-state index is 0.463. The molecule has 0 aromatic rings. The van der Waals surface area contributed by atoms with Gasteiger partial charge in [-0.25, -0.2) is 0 Å². The van der Waals surface area contributed by atoms with Crippen molar-refractivity contribution < 1.29 is 4.74 Å². The highest BCUT2D eigenvalue weighted by molar-refractivity contribution is 4.91. The smallest absolute Gasteiger partial charge is 0.0756 e. The van der Waals surface area contributed by atoms with Crippen LogP contribution in [-0.2, 0) is 4.74 Å². The van der Waals surface area contributed by atoms with Gasteiger partial charge in [0.25, 0.3) is 0 Å². The van der Waals surface area contributed by atoms with Crippen LogP contribution in [0.1, 0.15) is 52.9 Å². The third kappa shape index (κ3) is 3.23. The van der Waals surface area contributed by atoms with Gasteiger partial charge in [0.2, 0.25) is 0 Å². The quantitative estimate of drug-likeness (QED) is 0.813. The molecular formula is C15H29NO. The first-order valence-corrected chi connectivity index (χ1v) is 7.57. The van der Waals surface area contributed by atoms with Gasteiger partial charge >= 0.3 is 0 Å². The monoisotopic (exact) mass is 239 g/mol. The summed E-state index contributed by atoms with van der Waals surface area (Å²) in [5.41, 5.74) is 0. The number of nitrogens with one attached hydrogen (secondary N) is 1. The molecule has 5 unspecified atom stereocenters. The molecule has 100 valence electrons. The fraction of sp³-hybridized carbons (Fsp3) is 1.00. The molecule has 1 saturated heterocycles. The lowest BCUT2D eigenvalue weighted by atomic mass is 9.75. The van der Waals surface area contributed by atoms with Gasteiger partial charge in [-0.3, -0.25) is 0 Å². The topological polar surface area (TPSA) is 21.3 Å². The van der Waals surface area contributed by atoms with E-state index >= 15 is 0 Å². The SMILES string of the molecule is CCNC(C1CCCC(C)C1)C1OCCC1C. The molecule has 17 heavy (non-hydrogen) atoms. The average molecular weight is 239 g/mol. The summed E-state index contributed by atoms with van der Waals surface area (Å²) in [6.45, 7) is 9.03. The van der Waals surface area contributed by atoms with Gasteiger partial charge in [-0.2, -0.15) is 0 Å². The third-order valence-electron chi connectivity index (χ3n) is 4.72. The average Bonchev–Trinajstić information content (AvgIpc) is 2.72. The maximum atomic E-state index is 6.01. The molecule has 2 aliphatic rings. The highest BCUT2D eigenvalue weighted by Crippen LogP contribution is 2.35. The normalized spacial score (nSPS) is 40.4. The van der Waals surface area contributed by atoms with E-state index in [0.717, 1.165) is 30.9 Å². The van der Waals surface area contributed by atoms with E-state index in [1.807, 2.05) is 0 Å². The van der Waals surface area contributed by atoms with E-state index in [4.69, 9.17) is 4.74 Å². The summed E-state index contributed by atoms with van der Waals surface area (Å²) in [6.07, 6.45) is 7.34. The van der Waals surface area contributed by atoms with Gasteiger partial charge in [-0.1, -0.05) is 33.6 Å². The fourth-order valence-electron chi connectivity index (χ4n) is 3.77. The summed E-state index contributed by atoms with van der Waals surface area (Å²) in [6, 6.07) is 0.597. The lowest BCUT2D eigenvalue weighted by molar-refractivity contribution is 0.0295. The number of likely N-dealkylation sites (N-methyl/N-ethyl adjacent to an activating group) is 1. The first-order valence-electron chi connectivity index (χ1n) is 7.57. The van der Waals surface area contributed by atoms with Crippen LogP contribution in [-0.4, -0.2) is 25.3 Å². The maximum absolute atomic E-state index is 6.01. The van der Waals surface area contributed by atoms with E-state index in [0.29, 0.717) is 12.1 Å². The van der Waals surface area contributed by atoms with Gasteiger partial charge in [0.15, 0.2) is 0 Å². The van der Waals surface area contributed by atoms with E-state index in [1.165, 1.54) is 32.1 Å². The van der Waals surface area contributed by atoms with Crippen LogP contribution in [0.4, 0.5) is 0 Å². The van der Waals surface area contributed by atoms with Crippen molar-refractivity contribution in [2.75, 3.05) is 13.2 Å². The Balaban J connectivity index is 1.99. The van der Waals surface area contributed by atoms with Crippen molar-refractivity contribution in [3.8, 4) is 0 Å². The van der Waals surface area contributed by atoms with E-state index in [9.17, 15) is 0 Å². The second-order valence-corrected chi connectivity index (χ2v) is 6.22. The Morgan fingerprint density at radius 1 is 1.24 bits per heavy atom. The summed E-state index contributed by atoms with van der Waals surface area (Å²) < 4.78 is 6.01. The second kappa shape index (κ2) is 6.19. The van der Waals surface area contributed by atoms with Crippen molar-refractivity contribution in [1.29, 1.82) is 0 Å². The molecule has 2 rings (SSSR count). The van der Waals surface area contributed by atoms with Crippen LogP contribution < -0.4 is 5.32 Å². The van der Waals surface area contributed by atoms with Crippen molar-refractivity contribution in [2.45, 2.75) is 65.0 Å². The van der Waals surface area contributed by atoms with Crippen molar-refractivity contribution in [3.05, 3.63) is 0 Å². The molecule has 0 radical (unpaired) electrons. The first kappa shape index (κ1) is 13.4. The minimum atomic E-state index is 0.463. The van der Waals surface area contributed by atoms with Crippen molar-refractivity contribution in [1.82, 2.24) is 5.32 Å². The molecule has 1 aliphatic carbocycles. The molecule has 0 amide bonds. The van der Waals surface area contributed by atoms with Gasteiger partial charge in [-0.15, -0.1) is 0 Å². The molecule has 0 bridgehead atoms. The summed E-state index contributed by atoms with van der Waals surface area (Å²) >= 11 is 0. The number of ether oxygens (including phenoxy) is 1. The summed E-state index contributed by atoms with van der Waals surface area (Å²) in [7, 11) is 0. The largest absolute Gasteiger partial charge is 0.376 e. The molecule has 1 heterocycles. The Hall–Kier alpha value is -0.0800. The second-order valence-electron chi connectivity index (χ2n) is 6.22. The van der Waals surface area contributed by atoms with Crippen molar-refractivity contribution in [3.63, 3.8) is 0 Å². The van der Waals surface area contributed by atoms with E-state index in [-0.39, 0.29) is 0 Å². The van der Waals surface area contributed by atoms with Gasteiger partial charge in [0.1, 0.15) is 0 Å². The molecule has 1 aliphatic heterocycles. The maximum Gasteiger partial charge on any atom is 0.0756 e. The van der Waals surface area contributed by atoms with Gasteiger partial charge in [0.05, 0.1) is 6.10 Å². The van der Waals surface area contributed by atoms with Crippen LogP contribution in [0.5, 0.6) is 0 Å². The Morgan fingerprint density at radius 3 is 2.65 bits per heavy atom. The molecular weight excluding hydrogens is 210 g/mol. The Bertz CT molecular complexity index is 231. The lowest BCUT2D eigenvalue weighted by Gasteiger charge is -2.38. The van der Waals surface area contributed by atoms with Crippen LogP contribution in [0.3, 0.4) is 0 Å². The van der Waals surface area contributed by atoms with Crippen LogP contribution >= 0.6 is 0 Å². The highest BCUT2D eigenvalue weighted by Gasteiger charge is 2.37. The van der Waals surface area contributed by atoms with E-state index in [2.05, 4.69) is 26.1 Å². The fourth-order valence-corrected chi connectivity index (χ4v) is 3.77. The third-order valence-corrected chi connectivity index (χ3v) is 4.72. The van der Waals surface area contributed by atoms with Crippen molar-refractivity contribution in [2.24, 2.45) is 17.8 Å². The van der Waals surface area contributed by atoms with E-state index < -0.39 is 0 Å². The molecule has 0 aromatic carbocycles. The first-order chi connectivity index (χ1) is 8.22. The van der Waals surface area contributed by atoms with Crippen LogP contribution in [0, 0.1) is 17.8 Å². The molecule has 2 heteroatoms. The minimum Gasteiger partial charge on any atom is -0.376 e. The molecule has 5 atom stereocenters. The number of hydrogen-bond donors (Lipinski definition) is 1. The van der Waals surface area contributed by atoms with Crippen LogP contribution in [0.15, 0.2) is 0 Å². The predicted octanol–water partition coefficient (Wildman–Crippen LogP) is 3.22. The number of hydrogen-bond acceptors (Lipinski definition) is 2. The molecule has 1 N–H and O–H groups in total. The van der Waals surface area contributed by atoms with Crippen molar-refractivity contribution >= 4 is 0 Å². The number of rotatable bonds is 4. The summed E-state index contributed by atoms with van der Waals surface area (Å²) in [5, 5.41) is 3.72. The van der Waals surface area contributed by atoms with Crippen LogP contribution in [0.2, 0.25) is 0 Å². The highest BCUT2D eigenvalue weighted by atomic mass is 16.5. The van der Waals surface area contributed by atoms with Gasteiger partial charge < -0.3 is 10.1 Å². The predicted molar refractivity (Wildman–Crippen MR) is 72.1 cm³/mol. The zero-order valence-electron chi connectivity index (χ0n) is 11.7. The molecule has 1 saturated carbocycles. The van der Waals surface area contributed by atoms with Gasteiger partial charge in [0, 0.05) is 12.6 Å². The zero-order valence-corrected chi connectivity index (χ0v) is 11.7. The molecule has 0 spiro atoms. The Kier molecular flexibility index (Phi) is 4.87. The summed E-state index contributed by atoms with van der Waals surface area (Å²) in [4.78, 5) is 0. The Morgan fingerprint density at radius 2 is 2.06 bits per heavy atom. The van der Waals surface area contributed by atoms with E-state index in [1.54, 1.807) is 0 Å².